The number of benzene rings is 1. The molecule has 2 aliphatic carbocycles. The van der Waals surface area contributed by atoms with Crippen molar-refractivity contribution in [3.63, 3.8) is 0 Å². The number of aromatic carboxylic acids is 1. The molecule has 1 aromatic carbocycles. The van der Waals surface area contributed by atoms with Crippen LogP contribution >= 0.6 is 0 Å². The second-order valence-electron chi connectivity index (χ2n) is 6.95. The van der Waals surface area contributed by atoms with E-state index >= 15 is 0 Å². The summed E-state index contributed by atoms with van der Waals surface area (Å²) in [6.07, 6.45) is 3.58. The molecule has 3 unspecified atom stereocenters. The molecule has 1 aromatic rings. The van der Waals surface area contributed by atoms with E-state index in [0.717, 1.165) is 12.3 Å². The van der Waals surface area contributed by atoms with Gasteiger partial charge in [-0.05, 0) is 48.1 Å². The number of aliphatic hydroxyl groups excluding tert-OH is 1. The van der Waals surface area contributed by atoms with Gasteiger partial charge >= 0.3 is 5.97 Å². The Morgan fingerprint density at radius 3 is 2.14 bits per heavy atom. The van der Waals surface area contributed by atoms with Crippen LogP contribution in [0.3, 0.4) is 0 Å². The maximum absolute atomic E-state index is 10.3. The lowest BCUT2D eigenvalue weighted by atomic mass is 9.70. The van der Waals surface area contributed by atoms with Crippen molar-refractivity contribution >= 4 is 5.97 Å². The van der Waals surface area contributed by atoms with Crippen LogP contribution in [0.2, 0.25) is 0 Å². The first kappa shape index (κ1) is 15.8. The summed E-state index contributed by atoms with van der Waals surface area (Å²) in [5.74, 6) is -0.532. The number of aliphatic hydroxyl groups is 1. The topological polar surface area (TPSA) is 77.8 Å². The van der Waals surface area contributed by atoms with Crippen molar-refractivity contribution < 1.29 is 20.1 Å². The molecule has 3 atom stereocenters. The molecule has 116 valence electrons. The van der Waals surface area contributed by atoms with Gasteiger partial charge in [0.1, 0.15) is 11.3 Å². The molecule has 4 nitrogen and oxygen atoms in total. The maximum atomic E-state index is 10.3. The second-order valence-corrected chi connectivity index (χ2v) is 6.95. The predicted molar refractivity (Wildman–Crippen MR) is 80.3 cm³/mol. The Bertz CT molecular complexity index is 537. The zero-order valence-corrected chi connectivity index (χ0v) is 12.8. The number of carboxylic acid groups (broad SMARTS) is 1. The zero-order valence-electron chi connectivity index (χ0n) is 12.8. The molecule has 0 aliphatic heterocycles. The fraction of sp³-hybridized carbons (Fsp3) is 0.588. The number of carbonyl (C=O) groups is 1. The minimum Gasteiger partial charge on any atom is -0.507 e. The Hall–Kier alpha value is -1.55. The van der Waals surface area contributed by atoms with E-state index in [-0.39, 0.29) is 22.8 Å². The number of carboxylic acids is 1. The van der Waals surface area contributed by atoms with Crippen molar-refractivity contribution in [1.82, 2.24) is 0 Å². The van der Waals surface area contributed by atoms with E-state index in [4.69, 9.17) is 10.2 Å². The Balaban J connectivity index is 0.000000155. The summed E-state index contributed by atoms with van der Waals surface area (Å²) in [7, 11) is 0. The lowest BCUT2D eigenvalue weighted by molar-refractivity contribution is 0.0126. The van der Waals surface area contributed by atoms with Gasteiger partial charge in [0.25, 0.3) is 0 Å². The van der Waals surface area contributed by atoms with Crippen molar-refractivity contribution in [2.24, 2.45) is 16.7 Å². The highest BCUT2D eigenvalue weighted by Gasteiger charge is 2.60. The summed E-state index contributed by atoms with van der Waals surface area (Å²) >= 11 is 0. The van der Waals surface area contributed by atoms with Crippen LogP contribution in [0.4, 0.5) is 0 Å². The number of phenols is 1. The Labute approximate surface area is 125 Å². The molecule has 0 saturated heterocycles. The summed E-state index contributed by atoms with van der Waals surface area (Å²) in [5.41, 5.74) is 0.534. The Morgan fingerprint density at radius 1 is 1.24 bits per heavy atom. The number of hydrogen-bond acceptors (Lipinski definition) is 3. The molecule has 2 saturated carbocycles. The summed E-state index contributed by atoms with van der Waals surface area (Å²) < 4.78 is 0. The van der Waals surface area contributed by atoms with E-state index in [1.807, 2.05) is 0 Å². The van der Waals surface area contributed by atoms with Gasteiger partial charge in [0.15, 0.2) is 0 Å². The van der Waals surface area contributed by atoms with Crippen LogP contribution in [0.15, 0.2) is 24.3 Å². The van der Waals surface area contributed by atoms with Crippen molar-refractivity contribution in [3.05, 3.63) is 29.8 Å². The van der Waals surface area contributed by atoms with Gasteiger partial charge in [-0.15, -0.1) is 0 Å². The molecule has 0 radical (unpaired) electrons. The average Bonchev–Trinajstić information content (AvgIpc) is 2.73. The van der Waals surface area contributed by atoms with Gasteiger partial charge in [0.05, 0.1) is 6.10 Å². The van der Waals surface area contributed by atoms with E-state index in [1.54, 1.807) is 12.1 Å². The quantitative estimate of drug-likeness (QED) is 0.742. The molecule has 3 N–H and O–H groups in total. The molecule has 2 bridgehead atoms. The monoisotopic (exact) mass is 292 g/mol. The molecular formula is C17H24O4. The molecule has 21 heavy (non-hydrogen) atoms. The molecule has 0 heterocycles. The van der Waals surface area contributed by atoms with E-state index in [9.17, 15) is 9.90 Å². The molecule has 0 amide bonds. The third kappa shape index (κ3) is 2.53. The molecule has 4 heteroatoms. The van der Waals surface area contributed by atoms with Crippen LogP contribution in [0.1, 0.15) is 50.4 Å². The lowest BCUT2D eigenvalue weighted by Crippen LogP contribution is -2.35. The minimum absolute atomic E-state index is 0.0313. The predicted octanol–water partition coefficient (Wildman–Crippen LogP) is 3.28. The van der Waals surface area contributed by atoms with Gasteiger partial charge in [-0.2, -0.15) is 0 Å². The van der Waals surface area contributed by atoms with E-state index < -0.39 is 5.97 Å². The van der Waals surface area contributed by atoms with Gasteiger partial charge in [-0.3, -0.25) is 0 Å². The standard InChI is InChI=1S/C10H18O.C7H6O3/c1-9(2)7-4-5-10(9,3)8(11)6-7;8-6-4-2-1-3-5(6)7(9)10/h7-8,11H,4-6H2,1-3H3;1-4,8H,(H,9,10). The van der Waals surface area contributed by atoms with Crippen LogP contribution < -0.4 is 0 Å². The number of aromatic hydroxyl groups is 1. The van der Waals surface area contributed by atoms with Crippen LogP contribution in [0.5, 0.6) is 5.75 Å². The number of para-hydroxylation sites is 1. The number of rotatable bonds is 1. The highest BCUT2D eigenvalue weighted by atomic mass is 16.4. The summed E-state index contributed by atoms with van der Waals surface area (Å²) in [6.45, 7) is 6.90. The first-order chi connectivity index (χ1) is 9.70. The fourth-order valence-electron chi connectivity index (χ4n) is 3.82. The van der Waals surface area contributed by atoms with Crippen molar-refractivity contribution in [3.8, 4) is 5.75 Å². The molecule has 2 aliphatic rings. The van der Waals surface area contributed by atoms with Gasteiger partial charge in [0.2, 0.25) is 0 Å². The highest BCUT2D eigenvalue weighted by molar-refractivity contribution is 5.90. The SMILES string of the molecule is CC1(C)C2CCC1(C)C(O)C2.O=C(O)c1ccccc1O. The maximum Gasteiger partial charge on any atom is 0.339 e. The van der Waals surface area contributed by atoms with Crippen molar-refractivity contribution in [1.29, 1.82) is 0 Å². The fourth-order valence-corrected chi connectivity index (χ4v) is 3.82. The van der Waals surface area contributed by atoms with E-state index in [1.165, 1.54) is 25.0 Å². The number of hydrogen-bond donors (Lipinski definition) is 3. The van der Waals surface area contributed by atoms with E-state index in [2.05, 4.69) is 20.8 Å². The van der Waals surface area contributed by atoms with Gasteiger partial charge in [-0.25, -0.2) is 4.79 Å². The first-order valence-electron chi connectivity index (χ1n) is 7.39. The molecule has 2 fully saturated rings. The highest BCUT2D eigenvalue weighted by Crippen LogP contribution is 2.65. The first-order valence-corrected chi connectivity index (χ1v) is 7.39. The minimum atomic E-state index is -1.11. The van der Waals surface area contributed by atoms with Crippen molar-refractivity contribution in [2.45, 2.75) is 46.1 Å². The third-order valence-electron chi connectivity index (χ3n) is 5.88. The zero-order chi connectivity index (χ0) is 15.8. The number of fused-ring (bicyclic) bond motifs is 2. The molecule has 3 rings (SSSR count). The third-order valence-corrected chi connectivity index (χ3v) is 5.88. The molecular weight excluding hydrogens is 268 g/mol. The van der Waals surface area contributed by atoms with Crippen LogP contribution in [0, 0.1) is 16.7 Å². The van der Waals surface area contributed by atoms with Gasteiger partial charge in [-0.1, -0.05) is 32.9 Å². The van der Waals surface area contributed by atoms with Gasteiger partial charge in [0, 0.05) is 0 Å². The average molecular weight is 292 g/mol. The van der Waals surface area contributed by atoms with Crippen LogP contribution in [-0.2, 0) is 0 Å². The van der Waals surface area contributed by atoms with E-state index in [0.29, 0.717) is 5.41 Å². The summed E-state index contributed by atoms with van der Waals surface area (Å²) in [4.78, 5) is 10.3. The van der Waals surface area contributed by atoms with Gasteiger partial charge < -0.3 is 15.3 Å². The largest absolute Gasteiger partial charge is 0.507 e. The van der Waals surface area contributed by atoms with Crippen LogP contribution in [-0.4, -0.2) is 27.4 Å². The van der Waals surface area contributed by atoms with Crippen molar-refractivity contribution in [2.75, 3.05) is 0 Å². The smallest absolute Gasteiger partial charge is 0.339 e. The Kier molecular flexibility index (Phi) is 4.02. The van der Waals surface area contributed by atoms with Crippen LogP contribution in [0.25, 0.3) is 0 Å². The molecule has 0 spiro atoms. The summed E-state index contributed by atoms with van der Waals surface area (Å²) in [6, 6.07) is 5.81. The normalized spacial score (nSPS) is 32.4. The summed E-state index contributed by atoms with van der Waals surface area (Å²) in [5, 5.41) is 27.1. The Morgan fingerprint density at radius 2 is 1.86 bits per heavy atom. The lowest BCUT2D eigenvalue weighted by Gasteiger charge is -2.36. The molecule has 0 aromatic heterocycles. The second kappa shape index (κ2) is 5.34.